The lowest BCUT2D eigenvalue weighted by Gasteiger charge is -2.31. The van der Waals surface area contributed by atoms with Crippen LogP contribution in [-0.2, 0) is 0 Å². The van der Waals surface area contributed by atoms with Crippen LogP contribution in [0.2, 0.25) is 0 Å². The minimum Gasteiger partial charge on any atom is -0.389 e. The number of aliphatic hydroxyl groups is 1. The first-order chi connectivity index (χ1) is 8.81. The Bertz CT molecular complexity index is 392. The molecule has 0 aliphatic carbocycles. The van der Waals surface area contributed by atoms with E-state index in [0.29, 0.717) is 17.4 Å². The van der Waals surface area contributed by atoms with Gasteiger partial charge in [0.2, 0.25) is 0 Å². The second-order valence-electron chi connectivity index (χ2n) is 6.07. The summed E-state index contributed by atoms with van der Waals surface area (Å²) < 4.78 is 13.4. The van der Waals surface area contributed by atoms with Gasteiger partial charge in [0.1, 0.15) is 5.82 Å². The largest absolute Gasteiger partial charge is 0.389 e. The van der Waals surface area contributed by atoms with Crippen molar-refractivity contribution in [3.8, 4) is 0 Å². The van der Waals surface area contributed by atoms with Crippen molar-refractivity contribution >= 4 is 5.69 Å². The molecular formula is C16H26FNO. The van der Waals surface area contributed by atoms with Gasteiger partial charge in [-0.1, -0.05) is 27.7 Å². The molecule has 0 unspecified atom stereocenters. The first-order valence-corrected chi connectivity index (χ1v) is 7.03. The van der Waals surface area contributed by atoms with Gasteiger partial charge in [0.15, 0.2) is 0 Å². The third-order valence-corrected chi connectivity index (χ3v) is 2.95. The monoisotopic (exact) mass is 267 g/mol. The van der Waals surface area contributed by atoms with Crippen LogP contribution in [0.4, 0.5) is 10.1 Å². The summed E-state index contributed by atoms with van der Waals surface area (Å²) in [5, 5.41) is 9.85. The van der Waals surface area contributed by atoms with Gasteiger partial charge in [-0.3, -0.25) is 0 Å². The topological polar surface area (TPSA) is 23.5 Å². The highest BCUT2D eigenvalue weighted by atomic mass is 19.1. The molecule has 1 atom stereocenters. The Balaban J connectivity index is 3.13. The van der Waals surface area contributed by atoms with Crippen molar-refractivity contribution < 1.29 is 9.50 Å². The lowest BCUT2D eigenvalue weighted by atomic mass is 10.0. The molecule has 3 heteroatoms. The fraction of sp³-hybridized carbons (Fsp3) is 0.625. The third-order valence-electron chi connectivity index (χ3n) is 2.95. The molecule has 0 aliphatic rings. The Morgan fingerprint density at radius 2 is 1.58 bits per heavy atom. The van der Waals surface area contributed by atoms with Gasteiger partial charge in [-0.15, -0.1) is 0 Å². The molecule has 0 fully saturated rings. The fourth-order valence-electron chi connectivity index (χ4n) is 2.30. The van der Waals surface area contributed by atoms with Gasteiger partial charge in [-0.2, -0.15) is 0 Å². The van der Waals surface area contributed by atoms with Crippen LogP contribution in [0.3, 0.4) is 0 Å². The maximum atomic E-state index is 13.4. The van der Waals surface area contributed by atoms with Gasteiger partial charge in [0.05, 0.1) is 6.10 Å². The molecule has 0 bridgehead atoms. The van der Waals surface area contributed by atoms with E-state index in [1.165, 1.54) is 12.1 Å². The van der Waals surface area contributed by atoms with Crippen molar-refractivity contribution in [2.75, 3.05) is 18.0 Å². The van der Waals surface area contributed by atoms with E-state index in [4.69, 9.17) is 0 Å². The van der Waals surface area contributed by atoms with Crippen LogP contribution in [0.5, 0.6) is 0 Å². The summed E-state index contributed by atoms with van der Waals surface area (Å²) in [7, 11) is 0. The van der Waals surface area contributed by atoms with E-state index in [1.54, 1.807) is 13.0 Å². The molecule has 1 aromatic carbocycles. The minimum absolute atomic E-state index is 0.298. The molecule has 1 N–H and O–H groups in total. The summed E-state index contributed by atoms with van der Waals surface area (Å²) in [5.41, 5.74) is 1.61. The number of nitrogens with zero attached hydrogens (tertiary/aromatic N) is 1. The molecule has 0 amide bonds. The van der Waals surface area contributed by atoms with E-state index in [-0.39, 0.29) is 5.82 Å². The average molecular weight is 267 g/mol. The molecule has 0 heterocycles. The molecule has 0 radical (unpaired) electrons. The predicted molar refractivity (Wildman–Crippen MR) is 78.9 cm³/mol. The number of rotatable bonds is 6. The van der Waals surface area contributed by atoms with E-state index >= 15 is 0 Å². The van der Waals surface area contributed by atoms with Gasteiger partial charge in [0.25, 0.3) is 0 Å². The van der Waals surface area contributed by atoms with Crippen LogP contribution in [0, 0.1) is 17.7 Å². The number of benzene rings is 1. The molecule has 19 heavy (non-hydrogen) atoms. The number of hydrogen-bond acceptors (Lipinski definition) is 2. The van der Waals surface area contributed by atoms with E-state index in [2.05, 4.69) is 32.6 Å². The molecule has 0 aliphatic heterocycles. The zero-order valence-corrected chi connectivity index (χ0v) is 12.7. The Morgan fingerprint density at radius 3 is 2.00 bits per heavy atom. The van der Waals surface area contributed by atoms with Crippen molar-refractivity contribution in [1.29, 1.82) is 0 Å². The molecule has 108 valence electrons. The van der Waals surface area contributed by atoms with Crippen LogP contribution < -0.4 is 4.90 Å². The maximum absolute atomic E-state index is 13.4. The van der Waals surface area contributed by atoms with Gasteiger partial charge >= 0.3 is 0 Å². The van der Waals surface area contributed by atoms with E-state index in [0.717, 1.165) is 18.8 Å². The average Bonchev–Trinajstić information content (AvgIpc) is 2.26. The van der Waals surface area contributed by atoms with Gasteiger partial charge in [0, 0.05) is 24.3 Å². The van der Waals surface area contributed by atoms with Crippen molar-refractivity contribution in [2.45, 2.75) is 40.7 Å². The Kier molecular flexibility index (Phi) is 5.80. The maximum Gasteiger partial charge on any atom is 0.123 e. The first kappa shape index (κ1) is 16.0. The zero-order valence-electron chi connectivity index (χ0n) is 12.7. The highest BCUT2D eigenvalue weighted by Gasteiger charge is 2.17. The Hall–Kier alpha value is -1.09. The van der Waals surface area contributed by atoms with Crippen LogP contribution in [-0.4, -0.2) is 18.2 Å². The van der Waals surface area contributed by atoms with Gasteiger partial charge in [-0.25, -0.2) is 4.39 Å². The molecule has 0 spiro atoms. The zero-order chi connectivity index (χ0) is 14.6. The molecule has 0 saturated heterocycles. The summed E-state index contributed by atoms with van der Waals surface area (Å²) >= 11 is 0. The molecular weight excluding hydrogens is 241 g/mol. The molecule has 1 aromatic rings. The summed E-state index contributed by atoms with van der Waals surface area (Å²) in [4.78, 5) is 2.25. The van der Waals surface area contributed by atoms with Gasteiger partial charge in [-0.05, 0) is 37.0 Å². The van der Waals surface area contributed by atoms with Crippen molar-refractivity contribution in [2.24, 2.45) is 11.8 Å². The van der Waals surface area contributed by atoms with Gasteiger partial charge < -0.3 is 10.0 Å². The Labute approximate surface area is 116 Å². The van der Waals surface area contributed by atoms with Crippen LogP contribution >= 0.6 is 0 Å². The van der Waals surface area contributed by atoms with Crippen molar-refractivity contribution in [3.63, 3.8) is 0 Å². The molecule has 1 rings (SSSR count). The first-order valence-electron chi connectivity index (χ1n) is 7.03. The Morgan fingerprint density at radius 1 is 1.05 bits per heavy atom. The summed E-state index contributed by atoms with van der Waals surface area (Å²) in [6, 6.07) is 4.69. The number of hydrogen-bond donors (Lipinski definition) is 1. The quantitative estimate of drug-likeness (QED) is 0.842. The molecule has 0 saturated carbocycles. The standard InChI is InChI=1S/C16H26FNO/c1-11(2)9-18(10-12(3)4)16-7-6-14(17)8-15(16)13(5)19/h6-8,11-13,19H,9-10H2,1-5H3/t13-/m1/s1. The van der Waals surface area contributed by atoms with Crippen molar-refractivity contribution in [1.82, 2.24) is 0 Å². The lowest BCUT2D eigenvalue weighted by Crippen LogP contribution is -2.32. The highest BCUT2D eigenvalue weighted by molar-refractivity contribution is 5.55. The van der Waals surface area contributed by atoms with Crippen LogP contribution in [0.1, 0.15) is 46.3 Å². The summed E-state index contributed by atoms with van der Waals surface area (Å²) in [6.07, 6.45) is -0.660. The van der Waals surface area contributed by atoms with Crippen LogP contribution in [0.25, 0.3) is 0 Å². The van der Waals surface area contributed by atoms with Crippen LogP contribution in [0.15, 0.2) is 18.2 Å². The molecule has 2 nitrogen and oxygen atoms in total. The third kappa shape index (κ3) is 4.83. The normalized spacial score (nSPS) is 13.1. The molecule has 0 aromatic heterocycles. The smallest absolute Gasteiger partial charge is 0.123 e. The number of anilines is 1. The minimum atomic E-state index is -0.660. The highest BCUT2D eigenvalue weighted by Crippen LogP contribution is 2.28. The summed E-state index contributed by atoms with van der Waals surface area (Å²) in [6.45, 7) is 12.2. The second-order valence-corrected chi connectivity index (χ2v) is 6.07. The lowest BCUT2D eigenvalue weighted by molar-refractivity contribution is 0.199. The van der Waals surface area contributed by atoms with E-state index in [9.17, 15) is 9.50 Å². The van der Waals surface area contributed by atoms with E-state index < -0.39 is 6.10 Å². The van der Waals surface area contributed by atoms with Crippen molar-refractivity contribution in [3.05, 3.63) is 29.6 Å². The predicted octanol–water partition coefficient (Wildman–Crippen LogP) is 4.00. The fourth-order valence-corrected chi connectivity index (χ4v) is 2.30. The second kappa shape index (κ2) is 6.90. The summed E-state index contributed by atoms with van der Waals surface area (Å²) in [5.74, 6) is 0.741. The van der Waals surface area contributed by atoms with E-state index in [1.807, 2.05) is 0 Å². The number of aliphatic hydroxyl groups excluding tert-OH is 1. The SMILES string of the molecule is CC(C)CN(CC(C)C)c1ccc(F)cc1[C@@H](C)O. The number of halogens is 1.